The molecule has 0 fully saturated rings. The summed E-state index contributed by atoms with van der Waals surface area (Å²) in [5.41, 5.74) is 6.65. The van der Waals surface area contributed by atoms with Gasteiger partial charge in [0.2, 0.25) is 0 Å². The number of benzene rings is 1. The number of ether oxygens (including phenoxy) is 2. The summed E-state index contributed by atoms with van der Waals surface area (Å²) in [6.45, 7) is 0.835. The summed E-state index contributed by atoms with van der Waals surface area (Å²) in [6.07, 6.45) is 0. The van der Waals surface area contributed by atoms with Crippen molar-refractivity contribution in [1.29, 1.82) is 0 Å². The maximum absolute atomic E-state index is 11.5. The van der Waals surface area contributed by atoms with Gasteiger partial charge in [-0.05, 0) is 24.7 Å². The number of rotatable bonds is 6. The average molecular weight is 252 g/mol. The van der Waals surface area contributed by atoms with E-state index in [0.717, 1.165) is 11.3 Å². The standard InChI is InChI=1S/C13H20N2O3/c1-15(12(8-14)13(16)18-3)9-10-5-4-6-11(7-10)17-2/h4-7,12H,8-9,14H2,1-3H3. The predicted octanol–water partition coefficient (Wildman–Crippen LogP) is 0.627. The highest BCUT2D eigenvalue weighted by Crippen LogP contribution is 2.14. The van der Waals surface area contributed by atoms with Crippen LogP contribution in [0.25, 0.3) is 0 Å². The molecule has 0 radical (unpaired) electrons. The first-order chi connectivity index (χ1) is 8.62. The van der Waals surface area contributed by atoms with E-state index >= 15 is 0 Å². The Morgan fingerprint density at radius 1 is 1.44 bits per heavy atom. The van der Waals surface area contributed by atoms with E-state index < -0.39 is 6.04 Å². The molecule has 0 aliphatic rings. The van der Waals surface area contributed by atoms with Gasteiger partial charge >= 0.3 is 5.97 Å². The summed E-state index contributed by atoms with van der Waals surface area (Å²) in [6, 6.07) is 7.27. The monoisotopic (exact) mass is 252 g/mol. The number of nitrogens with zero attached hydrogens (tertiary/aromatic N) is 1. The second kappa shape index (κ2) is 6.98. The van der Waals surface area contributed by atoms with Crippen LogP contribution in [-0.2, 0) is 16.1 Å². The summed E-state index contributed by atoms with van der Waals surface area (Å²) in [5.74, 6) is 0.478. The Bertz CT molecular complexity index is 396. The lowest BCUT2D eigenvalue weighted by Gasteiger charge is -2.24. The van der Waals surface area contributed by atoms with Gasteiger partial charge in [-0.3, -0.25) is 9.69 Å². The van der Waals surface area contributed by atoms with Gasteiger partial charge in [0.05, 0.1) is 14.2 Å². The molecular weight excluding hydrogens is 232 g/mol. The highest BCUT2D eigenvalue weighted by Gasteiger charge is 2.22. The summed E-state index contributed by atoms with van der Waals surface area (Å²) in [5, 5.41) is 0. The van der Waals surface area contributed by atoms with Gasteiger partial charge in [-0.2, -0.15) is 0 Å². The van der Waals surface area contributed by atoms with E-state index in [1.54, 1.807) is 7.11 Å². The molecule has 0 bridgehead atoms. The molecule has 0 saturated heterocycles. The first-order valence-corrected chi connectivity index (χ1v) is 5.73. The molecule has 1 aromatic carbocycles. The molecule has 18 heavy (non-hydrogen) atoms. The molecule has 100 valence electrons. The van der Waals surface area contributed by atoms with E-state index in [-0.39, 0.29) is 12.5 Å². The molecule has 5 heteroatoms. The van der Waals surface area contributed by atoms with Crippen molar-refractivity contribution in [3.05, 3.63) is 29.8 Å². The van der Waals surface area contributed by atoms with E-state index in [1.165, 1.54) is 7.11 Å². The minimum Gasteiger partial charge on any atom is -0.497 e. The van der Waals surface area contributed by atoms with Gasteiger partial charge in [0.15, 0.2) is 0 Å². The van der Waals surface area contributed by atoms with Crippen LogP contribution in [0.2, 0.25) is 0 Å². The molecule has 0 heterocycles. The van der Waals surface area contributed by atoms with Crippen LogP contribution >= 0.6 is 0 Å². The number of nitrogens with two attached hydrogens (primary N) is 1. The zero-order chi connectivity index (χ0) is 13.5. The number of esters is 1. The number of carbonyl (C=O) groups is 1. The van der Waals surface area contributed by atoms with Crippen LogP contribution in [-0.4, -0.2) is 44.7 Å². The van der Waals surface area contributed by atoms with E-state index in [4.69, 9.17) is 15.2 Å². The summed E-state index contributed by atoms with van der Waals surface area (Å²) < 4.78 is 9.88. The smallest absolute Gasteiger partial charge is 0.324 e. The Balaban J connectivity index is 2.72. The number of hydrogen-bond acceptors (Lipinski definition) is 5. The van der Waals surface area contributed by atoms with Crippen LogP contribution in [0.15, 0.2) is 24.3 Å². The zero-order valence-electron chi connectivity index (χ0n) is 11.1. The SMILES string of the molecule is COC(=O)C(CN)N(C)Cc1cccc(OC)c1. The first-order valence-electron chi connectivity index (χ1n) is 5.73. The van der Waals surface area contributed by atoms with Crippen molar-refractivity contribution in [2.75, 3.05) is 27.8 Å². The highest BCUT2D eigenvalue weighted by molar-refractivity contribution is 5.75. The zero-order valence-corrected chi connectivity index (χ0v) is 11.1. The molecule has 0 saturated carbocycles. The number of carbonyl (C=O) groups excluding carboxylic acids is 1. The Morgan fingerprint density at radius 2 is 2.17 bits per heavy atom. The van der Waals surface area contributed by atoms with Gasteiger partial charge in [-0.25, -0.2) is 0 Å². The van der Waals surface area contributed by atoms with Gasteiger partial charge in [0.25, 0.3) is 0 Å². The summed E-state index contributed by atoms with van der Waals surface area (Å²) in [7, 11) is 4.83. The molecule has 0 aromatic heterocycles. The number of methoxy groups -OCH3 is 2. The lowest BCUT2D eigenvalue weighted by atomic mass is 10.1. The van der Waals surface area contributed by atoms with Crippen LogP contribution < -0.4 is 10.5 Å². The Morgan fingerprint density at radius 3 is 2.72 bits per heavy atom. The third-order valence-electron chi connectivity index (χ3n) is 2.79. The normalized spacial score (nSPS) is 12.3. The number of likely N-dealkylation sites (N-methyl/N-ethyl adjacent to an activating group) is 1. The third-order valence-corrected chi connectivity index (χ3v) is 2.79. The molecule has 1 atom stereocenters. The van der Waals surface area contributed by atoms with Crippen LogP contribution in [0.1, 0.15) is 5.56 Å². The second-order valence-electron chi connectivity index (χ2n) is 4.04. The lowest BCUT2D eigenvalue weighted by molar-refractivity contribution is -0.146. The van der Waals surface area contributed by atoms with Crippen molar-refractivity contribution in [2.45, 2.75) is 12.6 Å². The topological polar surface area (TPSA) is 64.8 Å². The quantitative estimate of drug-likeness (QED) is 0.752. The van der Waals surface area contributed by atoms with E-state index in [1.807, 2.05) is 36.2 Å². The van der Waals surface area contributed by atoms with Crippen molar-refractivity contribution < 1.29 is 14.3 Å². The van der Waals surface area contributed by atoms with Gasteiger partial charge in [0.1, 0.15) is 11.8 Å². The molecular formula is C13H20N2O3. The van der Waals surface area contributed by atoms with Gasteiger partial charge < -0.3 is 15.2 Å². The fraction of sp³-hybridized carbons (Fsp3) is 0.462. The van der Waals surface area contributed by atoms with Crippen molar-refractivity contribution in [3.8, 4) is 5.75 Å². The minimum absolute atomic E-state index is 0.229. The summed E-state index contributed by atoms with van der Waals surface area (Å²) in [4.78, 5) is 13.4. The van der Waals surface area contributed by atoms with Crippen LogP contribution in [0.5, 0.6) is 5.75 Å². The van der Waals surface area contributed by atoms with Gasteiger partial charge in [-0.15, -0.1) is 0 Å². The van der Waals surface area contributed by atoms with Crippen molar-refractivity contribution >= 4 is 5.97 Å². The van der Waals surface area contributed by atoms with Crippen LogP contribution in [0.4, 0.5) is 0 Å². The van der Waals surface area contributed by atoms with Crippen LogP contribution in [0, 0.1) is 0 Å². The van der Waals surface area contributed by atoms with Crippen molar-refractivity contribution in [1.82, 2.24) is 4.90 Å². The molecule has 0 aliphatic heterocycles. The minimum atomic E-state index is -0.429. The maximum Gasteiger partial charge on any atom is 0.324 e. The fourth-order valence-corrected chi connectivity index (χ4v) is 1.76. The fourth-order valence-electron chi connectivity index (χ4n) is 1.76. The predicted molar refractivity (Wildman–Crippen MR) is 69.3 cm³/mol. The van der Waals surface area contributed by atoms with Crippen LogP contribution in [0.3, 0.4) is 0 Å². The van der Waals surface area contributed by atoms with Crippen molar-refractivity contribution in [3.63, 3.8) is 0 Å². The van der Waals surface area contributed by atoms with Crippen molar-refractivity contribution in [2.24, 2.45) is 5.73 Å². The van der Waals surface area contributed by atoms with E-state index in [0.29, 0.717) is 6.54 Å². The lowest BCUT2D eigenvalue weighted by Crippen LogP contribution is -2.44. The molecule has 0 spiro atoms. The first kappa shape index (κ1) is 14.5. The third kappa shape index (κ3) is 3.72. The molecule has 0 amide bonds. The molecule has 2 N–H and O–H groups in total. The van der Waals surface area contributed by atoms with E-state index in [2.05, 4.69) is 0 Å². The molecule has 0 aliphatic carbocycles. The highest BCUT2D eigenvalue weighted by atomic mass is 16.5. The van der Waals surface area contributed by atoms with Gasteiger partial charge in [0, 0.05) is 13.1 Å². The Labute approximate surface area is 107 Å². The largest absolute Gasteiger partial charge is 0.497 e. The molecule has 1 rings (SSSR count). The Hall–Kier alpha value is -1.59. The van der Waals surface area contributed by atoms with Gasteiger partial charge in [-0.1, -0.05) is 12.1 Å². The second-order valence-corrected chi connectivity index (χ2v) is 4.04. The molecule has 5 nitrogen and oxygen atoms in total. The molecule has 1 aromatic rings. The van der Waals surface area contributed by atoms with E-state index in [9.17, 15) is 4.79 Å². The molecule has 1 unspecified atom stereocenters. The maximum atomic E-state index is 11.5. The Kier molecular flexibility index (Phi) is 5.61. The number of hydrogen-bond donors (Lipinski definition) is 1. The average Bonchev–Trinajstić information content (AvgIpc) is 2.39. The summed E-state index contributed by atoms with van der Waals surface area (Å²) >= 11 is 0.